The zero-order chi connectivity index (χ0) is 20.8. The molecule has 2 aromatic carbocycles. The molecule has 6 nitrogen and oxygen atoms in total. The number of carbonyl (C=O) groups excluding carboxylic acids is 1. The lowest BCUT2D eigenvalue weighted by Gasteiger charge is -2.28. The number of hydrogen-bond acceptors (Lipinski definition) is 4. The molecule has 152 valence electrons. The van der Waals surface area contributed by atoms with Crippen molar-refractivity contribution in [3.8, 4) is 6.07 Å². The van der Waals surface area contributed by atoms with Gasteiger partial charge < -0.3 is 10.3 Å². The van der Waals surface area contributed by atoms with E-state index in [0.717, 1.165) is 61.1 Å². The van der Waals surface area contributed by atoms with E-state index < -0.39 is 0 Å². The van der Waals surface area contributed by atoms with E-state index in [1.807, 2.05) is 36.4 Å². The van der Waals surface area contributed by atoms with Gasteiger partial charge in [-0.1, -0.05) is 12.1 Å². The van der Waals surface area contributed by atoms with Crippen LogP contribution in [0.5, 0.6) is 0 Å². The van der Waals surface area contributed by atoms with Gasteiger partial charge in [-0.05, 0) is 72.8 Å². The molecule has 1 aliphatic rings. The second-order valence-corrected chi connectivity index (χ2v) is 7.63. The second kappa shape index (κ2) is 9.38. The van der Waals surface area contributed by atoms with Crippen LogP contribution in [0.2, 0.25) is 0 Å². The molecule has 0 radical (unpaired) electrons. The molecule has 0 atom stereocenters. The smallest absolute Gasteiger partial charge is 0.243 e. The van der Waals surface area contributed by atoms with E-state index in [1.54, 1.807) is 12.4 Å². The van der Waals surface area contributed by atoms with Gasteiger partial charge in [-0.25, -0.2) is 4.98 Å². The molecule has 0 aliphatic carbocycles. The predicted octanol–water partition coefficient (Wildman–Crippen LogP) is 3.40. The van der Waals surface area contributed by atoms with Crippen LogP contribution in [0.4, 0.5) is 0 Å². The summed E-state index contributed by atoms with van der Waals surface area (Å²) in [6, 6.07) is 14.1. The minimum absolute atomic E-state index is 0.0735. The van der Waals surface area contributed by atoms with E-state index in [9.17, 15) is 4.79 Å². The molecule has 1 amide bonds. The SMILES string of the molecule is N#Cc1ccc2c(c1)CN(CCCCNC(=O)C=Cc1ccc3nc[nH]c3c1)CC2. The summed E-state index contributed by atoms with van der Waals surface area (Å²) in [5.74, 6) is -0.0735. The Hall–Kier alpha value is -3.43. The largest absolute Gasteiger partial charge is 0.353 e. The van der Waals surface area contributed by atoms with Crippen LogP contribution in [0.25, 0.3) is 17.1 Å². The van der Waals surface area contributed by atoms with Crippen molar-refractivity contribution in [3.05, 3.63) is 71.1 Å². The highest BCUT2D eigenvalue weighted by atomic mass is 16.1. The number of nitrogens with one attached hydrogen (secondary N) is 2. The number of rotatable bonds is 7. The van der Waals surface area contributed by atoms with Gasteiger partial charge in [0.05, 0.1) is 29.0 Å². The third-order valence-electron chi connectivity index (χ3n) is 5.50. The number of imidazole rings is 1. The molecule has 0 fully saturated rings. The van der Waals surface area contributed by atoms with Crippen LogP contribution in [0.3, 0.4) is 0 Å². The standard InChI is InChI=1S/C24H25N5O/c25-15-19-3-6-20-9-12-29(16-21(20)13-19)11-2-1-10-26-24(30)8-5-18-4-7-22-23(14-18)28-17-27-22/h3-8,13-14,17H,1-2,9-12,16H2,(H,26,30)(H,27,28). The maximum absolute atomic E-state index is 12.0. The summed E-state index contributed by atoms with van der Waals surface area (Å²) >= 11 is 0. The lowest BCUT2D eigenvalue weighted by molar-refractivity contribution is -0.116. The van der Waals surface area contributed by atoms with Crippen LogP contribution in [-0.4, -0.2) is 40.4 Å². The number of aromatic amines is 1. The topological polar surface area (TPSA) is 84.8 Å². The molecule has 0 saturated carbocycles. The molecule has 1 aliphatic heterocycles. The van der Waals surface area contributed by atoms with Crippen LogP contribution >= 0.6 is 0 Å². The fourth-order valence-corrected chi connectivity index (χ4v) is 3.84. The number of amides is 1. The molecule has 2 heterocycles. The average molecular weight is 399 g/mol. The van der Waals surface area contributed by atoms with Gasteiger partial charge in [-0.3, -0.25) is 9.69 Å². The van der Waals surface area contributed by atoms with Gasteiger partial charge in [0.15, 0.2) is 0 Å². The van der Waals surface area contributed by atoms with Crippen molar-refractivity contribution in [1.29, 1.82) is 5.26 Å². The first kappa shape index (κ1) is 19.9. The number of hydrogen-bond donors (Lipinski definition) is 2. The molecule has 6 heteroatoms. The van der Waals surface area contributed by atoms with E-state index in [-0.39, 0.29) is 5.91 Å². The summed E-state index contributed by atoms with van der Waals surface area (Å²) in [5, 5.41) is 12.0. The minimum Gasteiger partial charge on any atom is -0.353 e. The second-order valence-electron chi connectivity index (χ2n) is 7.63. The maximum Gasteiger partial charge on any atom is 0.243 e. The van der Waals surface area contributed by atoms with Crippen molar-refractivity contribution < 1.29 is 4.79 Å². The number of fused-ring (bicyclic) bond motifs is 2. The molecular weight excluding hydrogens is 374 g/mol. The van der Waals surface area contributed by atoms with Gasteiger partial charge in [0.25, 0.3) is 0 Å². The number of nitriles is 1. The van der Waals surface area contributed by atoms with E-state index in [0.29, 0.717) is 6.54 Å². The lowest BCUT2D eigenvalue weighted by Crippen LogP contribution is -2.32. The Balaban J connectivity index is 1.16. The molecule has 0 bridgehead atoms. The highest BCUT2D eigenvalue weighted by molar-refractivity contribution is 5.92. The van der Waals surface area contributed by atoms with Gasteiger partial charge in [0.2, 0.25) is 5.91 Å². The predicted molar refractivity (Wildman–Crippen MR) is 118 cm³/mol. The molecule has 0 unspecified atom stereocenters. The van der Waals surface area contributed by atoms with Crippen LogP contribution in [-0.2, 0) is 17.8 Å². The van der Waals surface area contributed by atoms with Gasteiger partial charge in [-0.15, -0.1) is 0 Å². The maximum atomic E-state index is 12.0. The van der Waals surface area contributed by atoms with E-state index in [4.69, 9.17) is 5.26 Å². The summed E-state index contributed by atoms with van der Waals surface area (Å²) in [7, 11) is 0. The first-order valence-electron chi connectivity index (χ1n) is 10.3. The third kappa shape index (κ3) is 4.94. The van der Waals surface area contributed by atoms with Gasteiger partial charge in [0.1, 0.15) is 0 Å². The number of H-pyrrole nitrogens is 1. The zero-order valence-corrected chi connectivity index (χ0v) is 16.9. The summed E-state index contributed by atoms with van der Waals surface area (Å²) < 4.78 is 0. The Bertz CT molecular complexity index is 1110. The van der Waals surface area contributed by atoms with E-state index in [2.05, 4.69) is 32.3 Å². The molecule has 0 saturated heterocycles. The lowest BCUT2D eigenvalue weighted by atomic mass is 9.97. The normalized spacial score (nSPS) is 14.0. The third-order valence-corrected chi connectivity index (χ3v) is 5.50. The summed E-state index contributed by atoms with van der Waals surface area (Å²) in [6.45, 7) is 3.63. The summed E-state index contributed by atoms with van der Waals surface area (Å²) in [5.41, 5.74) is 6.20. The van der Waals surface area contributed by atoms with Gasteiger partial charge >= 0.3 is 0 Å². The van der Waals surface area contributed by atoms with Crippen LogP contribution < -0.4 is 5.32 Å². The van der Waals surface area contributed by atoms with Crippen molar-refractivity contribution in [1.82, 2.24) is 20.2 Å². The summed E-state index contributed by atoms with van der Waals surface area (Å²) in [4.78, 5) is 21.7. The molecule has 3 aromatic rings. The number of benzene rings is 2. The first-order chi connectivity index (χ1) is 14.7. The van der Waals surface area contributed by atoms with Crippen LogP contribution in [0, 0.1) is 11.3 Å². The van der Waals surface area contributed by atoms with Crippen molar-refractivity contribution in [2.45, 2.75) is 25.8 Å². The molecular formula is C24H25N5O. The van der Waals surface area contributed by atoms with E-state index in [1.165, 1.54) is 11.1 Å². The Morgan fingerprint density at radius 3 is 3.07 bits per heavy atom. The van der Waals surface area contributed by atoms with Gasteiger partial charge in [-0.2, -0.15) is 5.26 Å². The number of carbonyl (C=O) groups is 1. The summed E-state index contributed by atoms with van der Waals surface area (Å²) in [6.07, 6.45) is 8.07. The highest BCUT2D eigenvalue weighted by Gasteiger charge is 2.16. The Labute approximate surface area is 176 Å². The molecule has 0 spiro atoms. The number of unbranched alkanes of at least 4 members (excludes halogenated alkanes) is 1. The minimum atomic E-state index is -0.0735. The monoisotopic (exact) mass is 399 g/mol. The average Bonchev–Trinajstić information content (AvgIpc) is 3.25. The molecule has 2 N–H and O–H groups in total. The Morgan fingerprint density at radius 1 is 1.23 bits per heavy atom. The Morgan fingerprint density at radius 2 is 2.17 bits per heavy atom. The van der Waals surface area contributed by atoms with Crippen molar-refractivity contribution >= 4 is 23.0 Å². The zero-order valence-electron chi connectivity index (χ0n) is 16.9. The number of nitrogens with zero attached hydrogens (tertiary/aromatic N) is 3. The Kier molecular flexibility index (Phi) is 6.21. The molecule has 30 heavy (non-hydrogen) atoms. The van der Waals surface area contributed by atoms with Crippen molar-refractivity contribution in [2.75, 3.05) is 19.6 Å². The van der Waals surface area contributed by atoms with Crippen LogP contribution in [0.1, 0.15) is 35.1 Å². The first-order valence-corrected chi connectivity index (χ1v) is 10.3. The fourth-order valence-electron chi connectivity index (χ4n) is 3.84. The quantitative estimate of drug-likeness (QED) is 0.471. The van der Waals surface area contributed by atoms with Gasteiger partial charge in [0, 0.05) is 25.7 Å². The van der Waals surface area contributed by atoms with Crippen molar-refractivity contribution in [3.63, 3.8) is 0 Å². The number of aromatic nitrogens is 2. The van der Waals surface area contributed by atoms with Crippen molar-refractivity contribution in [2.24, 2.45) is 0 Å². The van der Waals surface area contributed by atoms with Crippen LogP contribution in [0.15, 0.2) is 48.8 Å². The highest BCUT2D eigenvalue weighted by Crippen LogP contribution is 2.20. The van der Waals surface area contributed by atoms with E-state index >= 15 is 0 Å². The molecule has 4 rings (SSSR count). The molecule has 1 aromatic heterocycles. The fraction of sp³-hybridized carbons (Fsp3) is 0.292.